The predicted octanol–water partition coefficient (Wildman–Crippen LogP) is 1.43. The van der Waals surface area contributed by atoms with Crippen LogP contribution in [0.3, 0.4) is 0 Å². The number of hydrogen-bond acceptors (Lipinski definition) is 2. The van der Waals surface area contributed by atoms with Gasteiger partial charge in [-0.05, 0) is 25.2 Å². The van der Waals surface area contributed by atoms with E-state index in [4.69, 9.17) is 0 Å². The molecular weight excluding hydrogens is 164 g/mol. The molecule has 1 unspecified atom stereocenters. The molecular formula is C10H16N2O. The van der Waals surface area contributed by atoms with Crippen molar-refractivity contribution in [3.8, 4) is 0 Å². The number of rotatable bonds is 3. The Bertz CT molecular complexity index is 304. The van der Waals surface area contributed by atoms with Gasteiger partial charge in [0.05, 0.1) is 11.8 Å². The second-order valence-corrected chi connectivity index (χ2v) is 3.95. The summed E-state index contributed by atoms with van der Waals surface area (Å²) in [5.41, 5.74) is 0.355. The van der Waals surface area contributed by atoms with Crippen LogP contribution in [0.4, 0.5) is 0 Å². The fourth-order valence-corrected chi connectivity index (χ4v) is 1.93. The molecule has 13 heavy (non-hydrogen) atoms. The first-order chi connectivity index (χ1) is 6.16. The minimum atomic E-state index is -0.617. The zero-order valence-electron chi connectivity index (χ0n) is 8.20. The van der Waals surface area contributed by atoms with E-state index in [9.17, 15) is 5.11 Å². The van der Waals surface area contributed by atoms with E-state index in [1.165, 1.54) is 0 Å². The molecule has 3 nitrogen and oxygen atoms in total. The Morgan fingerprint density at radius 2 is 2.38 bits per heavy atom. The Hall–Kier alpha value is -0.830. The molecule has 1 saturated carbocycles. The first kappa shape index (κ1) is 8.75. The monoisotopic (exact) mass is 180 g/mol. The van der Waals surface area contributed by atoms with Crippen molar-refractivity contribution in [2.24, 2.45) is 13.0 Å². The highest BCUT2D eigenvalue weighted by molar-refractivity contribution is 5.18. The lowest BCUT2D eigenvalue weighted by atomic mass is 9.89. The summed E-state index contributed by atoms with van der Waals surface area (Å²) in [5.74, 6) is 0.460. The van der Waals surface area contributed by atoms with Gasteiger partial charge in [-0.3, -0.25) is 4.68 Å². The van der Waals surface area contributed by atoms with E-state index in [-0.39, 0.29) is 0 Å². The Kier molecular flexibility index (Phi) is 1.91. The number of hydrogen-bond donors (Lipinski definition) is 1. The van der Waals surface area contributed by atoms with E-state index in [0.717, 1.165) is 24.8 Å². The lowest BCUT2D eigenvalue weighted by molar-refractivity contribution is 0.00884. The number of aromatic nitrogens is 2. The summed E-state index contributed by atoms with van der Waals surface area (Å²) in [7, 11) is 1.88. The maximum atomic E-state index is 10.4. The molecule has 0 spiro atoms. The molecule has 0 saturated heterocycles. The molecule has 2 rings (SSSR count). The molecule has 72 valence electrons. The van der Waals surface area contributed by atoms with Crippen molar-refractivity contribution in [2.75, 3.05) is 0 Å². The van der Waals surface area contributed by atoms with Gasteiger partial charge in [0.2, 0.25) is 0 Å². The lowest BCUT2D eigenvalue weighted by Gasteiger charge is -2.25. The van der Waals surface area contributed by atoms with Crippen molar-refractivity contribution in [2.45, 2.75) is 31.8 Å². The van der Waals surface area contributed by atoms with Crippen LogP contribution in [0.15, 0.2) is 12.4 Å². The van der Waals surface area contributed by atoms with Crippen LogP contribution in [0.25, 0.3) is 0 Å². The third-order valence-electron chi connectivity index (χ3n) is 3.00. The Morgan fingerprint density at radius 1 is 1.69 bits per heavy atom. The molecule has 1 aliphatic rings. The minimum absolute atomic E-state index is 0.460. The van der Waals surface area contributed by atoms with Crippen LogP contribution in [-0.2, 0) is 12.6 Å². The average Bonchev–Trinajstić information content (AvgIpc) is 2.89. The van der Waals surface area contributed by atoms with Gasteiger partial charge in [0.1, 0.15) is 0 Å². The van der Waals surface area contributed by atoms with Gasteiger partial charge in [0.15, 0.2) is 0 Å². The molecule has 1 atom stereocenters. The van der Waals surface area contributed by atoms with Gasteiger partial charge in [-0.2, -0.15) is 5.10 Å². The van der Waals surface area contributed by atoms with Crippen LogP contribution in [0.2, 0.25) is 0 Å². The van der Waals surface area contributed by atoms with Crippen LogP contribution in [0.1, 0.15) is 31.7 Å². The van der Waals surface area contributed by atoms with Gasteiger partial charge >= 0.3 is 0 Å². The number of nitrogens with zero attached hydrogens (tertiary/aromatic N) is 2. The standard InChI is InChI=1S/C10H16N2O/c1-3-10(13,8-4-5-8)9-6-11-12(2)7-9/h6-8,13H,3-5H2,1-2H3. The maximum absolute atomic E-state index is 10.4. The maximum Gasteiger partial charge on any atom is 0.0952 e. The largest absolute Gasteiger partial charge is 0.385 e. The highest BCUT2D eigenvalue weighted by atomic mass is 16.3. The molecule has 1 aromatic rings. The number of aliphatic hydroxyl groups is 1. The van der Waals surface area contributed by atoms with Gasteiger partial charge in [-0.25, -0.2) is 0 Å². The fourth-order valence-electron chi connectivity index (χ4n) is 1.93. The summed E-state index contributed by atoms with van der Waals surface area (Å²) < 4.78 is 1.75. The summed E-state index contributed by atoms with van der Waals surface area (Å²) >= 11 is 0. The zero-order valence-corrected chi connectivity index (χ0v) is 8.20. The topological polar surface area (TPSA) is 38.1 Å². The highest BCUT2D eigenvalue weighted by Gasteiger charge is 2.44. The average molecular weight is 180 g/mol. The highest BCUT2D eigenvalue weighted by Crippen LogP contribution is 2.47. The van der Waals surface area contributed by atoms with Crippen LogP contribution in [0.5, 0.6) is 0 Å². The van der Waals surface area contributed by atoms with Gasteiger partial charge in [-0.15, -0.1) is 0 Å². The molecule has 1 aliphatic carbocycles. The van der Waals surface area contributed by atoms with Crippen LogP contribution in [0, 0.1) is 5.92 Å². The Morgan fingerprint density at radius 3 is 2.77 bits per heavy atom. The van der Waals surface area contributed by atoms with Crippen LogP contribution in [-0.4, -0.2) is 14.9 Å². The van der Waals surface area contributed by atoms with Crippen LogP contribution >= 0.6 is 0 Å². The number of aryl methyl sites for hydroxylation is 1. The van der Waals surface area contributed by atoms with E-state index in [1.54, 1.807) is 10.9 Å². The first-order valence-corrected chi connectivity index (χ1v) is 4.88. The normalized spacial score (nSPS) is 21.5. The Balaban J connectivity index is 2.29. The molecule has 1 aromatic heterocycles. The summed E-state index contributed by atoms with van der Waals surface area (Å²) in [6.07, 6.45) is 6.78. The van der Waals surface area contributed by atoms with E-state index in [0.29, 0.717) is 5.92 Å². The van der Waals surface area contributed by atoms with E-state index in [2.05, 4.69) is 5.10 Å². The van der Waals surface area contributed by atoms with Crippen molar-refractivity contribution in [3.05, 3.63) is 18.0 Å². The van der Waals surface area contributed by atoms with Crippen molar-refractivity contribution in [3.63, 3.8) is 0 Å². The molecule has 0 aliphatic heterocycles. The smallest absolute Gasteiger partial charge is 0.0952 e. The van der Waals surface area contributed by atoms with E-state index in [1.807, 2.05) is 20.2 Å². The van der Waals surface area contributed by atoms with Crippen molar-refractivity contribution in [1.82, 2.24) is 9.78 Å². The summed E-state index contributed by atoms with van der Waals surface area (Å²) in [4.78, 5) is 0. The quantitative estimate of drug-likeness (QED) is 0.764. The summed E-state index contributed by atoms with van der Waals surface area (Å²) in [5, 5.41) is 14.5. The summed E-state index contributed by atoms with van der Waals surface area (Å²) in [6, 6.07) is 0. The fraction of sp³-hybridized carbons (Fsp3) is 0.700. The van der Waals surface area contributed by atoms with Gasteiger partial charge in [0, 0.05) is 18.8 Å². The lowest BCUT2D eigenvalue weighted by Crippen LogP contribution is -2.26. The molecule has 1 heterocycles. The van der Waals surface area contributed by atoms with Crippen molar-refractivity contribution in [1.29, 1.82) is 0 Å². The van der Waals surface area contributed by atoms with Crippen molar-refractivity contribution >= 4 is 0 Å². The molecule has 0 radical (unpaired) electrons. The second-order valence-electron chi connectivity index (χ2n) is 3.95. The Labute approximate surface area is 78.4 Å². The molecule has 0 amide bonds. The first-order valence-electron chi connectivity index (χ1n) is 4.88. The van der Waals surface area contributed by atoms with Crippen LogP contribution < -0.4 is 0 Å². The molecule has 1 fully saturated rings. The minimum Gasteiger partial charge on any atom is -0.385 e. The SMILES string of the molecule is CCC(O)(c1cnn(C)c1)C1CC1. The van der Waals surface area contributed by atoms with Gasteiger partial charge in [0.25, 0.3) is 0 Å². The van der Waals surface area contributed by atoms with Gasteiger partial charge < -0.3 is 5.11 Å². The van der Waals surface area contributed by atoms with E-state index >= 15 is 0 Å². The third kappa shape index (κ3) is 1.37. The van der Waals surface area contributed by atoms with E-state index < -0.39 is 5.60 Å². The second kappa shape index (κ2) is 2.84. The molecule has 0 aromatic carbocycles. The molecule has 3 heteroatoms. The molecule has 0 bridgehead atoms. The van der Waals surface area contributed by atoms with Gasteiger partial charge in [-0.1, -0.05) is 6.92 Å². The molecule has 1 N–H and O–H groups in total. The van der Waals surface area contributed by atoms with Crippen molar-refractivity contribution < 1.29 is 5.11 Å². The third-order valence-corrected chi connectivity index (χ3v) is 3.00. The summed E-state index contributed by atoms with van der Waals surface area (Å²) in [6.45, 7) is 2.03. The zero-order chi connectivity index (χ0) is 9.47. The predicted molar refractivity (Wildman–Crippen MR) is 50.1 cm³/mol.